The molecular formula is C32H36ClN3O4S. The fourth-order valence-corrected chi connectivity index (χ4v) is 8.35. The van der Waals surface area contributed by atoms with Crippen LogP contribution in [0.1, 0.15) is 50.0 Å². The van der Waals surface area contributed by atoms with E-state index in [1.54, 1.807) is 49.3 Å². The van der Waals surface area contributed by atoms with Gasteiger partial charge >= 0.3 is 0 Å². The summed E-state index contributed by atoms with van der Waals surface area (Å²) < 4.78 is 28.5. The number of hydrogen-bond donors (Lipinski definition) is 0. The molecule has 0 aliphatic carbocycles. The van der Waals surface area contributed by atoms with Crippen LogP contribution in [-0.2, 0) is 20.2 Å². The smallest absolute Gasteiger partial charge is 0.254 e. The number of anilines is 2. The molecule has 9 heteroatoms. The molecule has 1 saturated heterocycles. The van der Waals surface area contributed by atoms with Gasteiger partial charge in [-0.25, -0.2) is 8.42 Å². The SMILES string of the molecule is CC(C)C1N(S(=O)(=O)C(C)C)CCC12C(=O)N(c1cccc(-c3ccc(C(=O)N(C)C)c(Cl)c3)c1)c1ccccc12. The molecule has 0 radical (unpaired) electrons. The molecule has 2 heterocycles. The number of sulfonamides is 1. The Morgan fingerprint density at radius 1 is 0.976 bits per heavy atom. The van der Waals surface area contributed by atoms with Crippen molar-refractivity contribution in [3.05, 3.63) is 82.9 Å². The lowest BCUT2D eigenvalue weighted by Gasteiger charge is -2.37. The molecule has 0 N–H and O–H groups in total. The highest BCUT2D eigenvalue weighted by Gasteiger charge is 2.63. The van der Waals surface area contributed by atoms with Gasteiger partial charge in [0, 0.05) is 32.4 Å². The second kappa shape index (κ2) is 10.6. The summed E-state index contributed by atoms with van der Waals surface area (Å²) in [5.41, 5.74) is 3.42. The van der Waals surface area contributed by atoms with Gasteiger partial charge in [0.2, 0.25) is 15.9 Å². The monoisotopic (exact) mass is 593 g/mol. The van der Waals surface area contributed by atoms with E-state index in [4.69, 9.17) is 11.6 Å². The van der Waals surface area contributed by atoms with Gasteiger partial charge in [-0.3, -0.25) is 14.5 Å². The summed E-state index contributed by atoms with van der Waals surface area (Å²) in [5, 5.41) is -0.227. The number of halogens is 1. The van der Waals surface area contributed by atoms with Crippen LogP contribution < -0.4 is 4.90 Å². The third-order valence-electron chi connectivity index (χ3n) is 8.35. The van der Waals surface area contributed by atoms with Crippen LogP contribution in [-0.4, -0.2) is 61.4 Å². The number of carbonyl (C=O) groups is 2. The first-order chi connectivity index (χ1) is 19.3. The minimum atomic E-state index is -3.58. The van der Waals surface area contributed by atoms with Gasteiger partial charge in [-0.05, 0) is 73.2 Å². The number of amides is 2. The summed E-state index contributed by atoms with van der Waals surface area (Å²) in [6.07, 6.45) is 0.421. The van der Waals surface area contributed by atoms with Crippen LogP contribution in [0.25, 0.3) is 11.1 Å². The van der Waals surface area contributed by atoms with Crippen molar-refractivity contribution >= 4 is 44.8 Å². The zero-order valence-electron chi connectivity index (χ0n) is 24.3. The van der Waals surface area contributed by atoms with Crippen molar-refractivity contribution in [2.75, 3.05) is 25.5 Å². The lowest BCUT2D eigenvalue weighted by Crippen LogP contribution is -2.53. The van der Waals surface area contributed by atoms with Gasteiger partial charge in [0.1, 0.15) is 0 Å². The van der Waals surface area contributed by atoms with E-state index in [1.165, 1.54) is 4.90 Å². The van der Waals surface area contributed by atoms with Crippen molar-refractivity contribution in [1.82, 2.24) is 9.21 Å². The number of carbonyl (C=O) groups excluding carboxylic acids is 2. The zero-order valence-corrected chi connectivity index (χ0v) is 25.8. The largest absolute Gasteiger partial charge is 0.345 e. The van der Waals surface area contributed by atoms with E-state index in [1.807, 2.05) is 68.4 Å². The van der Waals surface area contributed by atoms with Crippen molar-refractivity contribution in [1.29, 1.82) is 0 Å². The van der Waals surface area contributed by atoms with Gasteiger partial charge in [-0.15, -0.1) is 0 Å². The quantitative estimate of drug-likeness (QED) is 0.346. The fourth-order valence-electron chi connectivity index (χ4n) is 6.46. The topological polar surface area (TPSA) is 78.0 Å². The molecule has 3 aromatic carbocycles. The number of nitrogens with zero attached hydrogens (tertiary/aromatic N) is 3. The second-order valence-corrected chi connectivity index (χ2v) is 14.6. The van der Waals surface area contributed by atoms with Gasteiger partial charge in [0.15, 0.2) is 0 Å². The maximum Gasteiger partial charge on any atom is 0.254 e. The van der Waals surface area contributed by atoms with Crippen LogP contribution in [0.15, 0.2) is 66.7 Å². The van der Waals surface area contributed by atoms with E-state index in [9.17, 15) is 18.0 Å². The van der Waals surface area contributed by atoms with Crippen LogP contribution in [0.3, 0.4) is 0 Å². The molecule has 2 unspecified atom stereocenters. The minimum absolute atomic E-state index is 0.0835. The van der Waals surface area contributed by atoms with Crippen molar-refractivity contribution in [3.63, 3.8) is 0 Å². The third kappa shape index (κ3) is 4.57. The summed E-state index contributed by atoms with van der Waals surface area (Å²) in [6, 6.07) is 20.2. The highest BCUT2D eigenvalue weighted by molar-refractivity contribution is 7.89. The summed E-state index contributed by atoms with van der Waals surface area (Å²) in [5.74, 6) is -0.370. The first-order valence-corrected chi connectivity index (χ1v) is 15.8. The molecule has 5 rings (SSSR count). The number of hydrogen-bond acceptors (Lipinski definition) is 4. The van der Waals surface area contributed by atoms with Gasteiger partial charge in [0.05, 0.1) is 26.9 Å². The van der Waals surface area contributed by atoms with Crippen LogP contribution >= 0.6 is 11.6 Å². The first kappa shape index (κ1) is 29.3. The number of para-hydroxylation sites is 1. The van der Waals surface area contributed by atoms with Gasteiger partial charge in [-0.1, -0.05) is 61.8 Å². The van der Waals surface area contributed by atoms with E-state index < -0.39 is 26.7 Å². The molecule has 41 heavy (non-hydrogen) atoms. The van der Waals surface area contributed by atoms with E-state index in [0.717, 1.165) is 22.4 Å². The molecule has 2 aliphatic rings. The average molecular weight is 594 g/mol. The molecule has 0 bridgehead atoms. The molecule has 7 nitrogen and oxygen atoms in total. The fraction of sp³-hybridized carbons (Fsp3) is 0.375. The first-order valence-electron chi connectivity index (χ1n) is 13.9. The van der Waals surface area contributed by atoms with Crippen LogP contribution in [0.4, 0.5) is 11.4 Å². The number of rotatable bonds is 6. The molecule has 2 amide bonds. The predicted octanol–water partition coefficient (Wildman–Crippen LogP) is 6.09. The number of fused-ring (bicyclic) bond motifs is 2. The van der Waals surface area contributed by atoms with Gasteiger partial charge in [0.25, 0.3) is 5.91 Å². The molecular weight excluding hydrogens is 558 g/mol. The van der Waals surface area contributed by atoms with E-state index in [2.05, 4.69) is 0 Å². The third-order valence-corrected chi connectivity index (χ3v) is 10.9. The molecule has 2 aliphatic heterocycles. The Bertz CT molecular complexity index is 1640. The summed E-state index contributed by atoms with van der Waals surface area (Å²) in [6.45, 7) is 7.67. The number of benzene rings is 3. The Morgan fingerprint density at radius 3 is 2.29 bits per heavy atom. The van der Waals surface area contributed by atoms with Crippen LogP contribution in [0.2, 0.25) is 5.02 Å². The van der Waals surface area contributed by atoms with Crippen molar-refractivity contribution in [2.24, 2.45) is 5.92 Å². The minimum Gasteiger partial charge on any atom is -0.345 e. The Hall–Kier alpha value is -3.20. The Labute approximate surface area is 247 Å². The second-order valence-electron chi connectivity index (χ2n) is 11.7. The van der Waals surface area contributed by atoms with Crippen molar-refractivity contribution in [3.8, 4) is 11.1 Å². The van der Waals surface area contributed by atoms with Crippen molar-refractivity contribution < 1.29 is 18.0 Å². The van der Waals surface area contributed by atoms with E-state index >= 15 is 0 Å². The average Bonchev–Trinajstić information content (AvgIpc) is 3.46. The Kier molecular flexibility index (Phi) is 7.55. The summed E-state index contributed by atoms with van der Waals surface area (Å²) in [7, 11) is -0.221. The van der Waals surface area contributed by atoms with Crippen LogP contribution in [0, 0.1) is 5.92 Å². The Balaban J connectivity index is 1.60. The molecule has 0 aromatic heterocycles. The maximum atomic E-state index is 14.7. The highest BCUT2D eigenvalue weighted by Crippen LogP contribution is 2.55. The summed E-state index contributed by atoms with van der Waals surface area (Å²) in [4.78, 5) is 30.4. The Morgan fingerprint density at radius 2 is 1.66 bits per heavy atom. The molecule has 2 atom stereocenters. The van der Waals surface area contributed by atoms with E-state index in [-0.39, 0.29) is 17.7 Å². The maximum absolute atomic E-state index is 14.7. The van der Waals surface area contributed by atoms with Gasteiger partial charge < -0.3 is 4.90 Å². The summed E-state index contributed by atoms with van der Waals surface area (Å²) >= 11 is 6.51. The molecule has 1 spiro atoms. The van der Waals surface area contributed by atoms with Crippen LogP contribution in [0.5, 0.6) is 0 Å². The van der Waals surface area contributed by atoms with Crippen molar-refractivity contribution in [2.45, 2.75) is 50.8 Å². The zero-order chi connectivity index (χ0) is 29.9. The van der Waals surface area contributed by atoms with Gasteiger partial charge in [-0.2, -0.15) is 4.31 Å². The highest BCUT2D eigenvalue weighted by atomic mass is 35.5. The standard InChI is InChI=1S/C32H36ClN3O4S/c1-20(2)29-32(16-17-35(29)41(39,40)21(3)4)26-12-7-8-13-28(26)36(31(32)38)24-11-9-10-22(18-24)23-14-15-25(27(33)19-23)30(37)34(5)6/h7-15,18-21,29H,16-17H2,1-6H3. The lowest BCUT2D eigenvalue weighted by molar-refractivity contribution is -0.123. The lowest BCUT2D eigenvalue weighted by atomic mass is 9.71. The normalized spacial score (nSPS) is 20.9. The molecule has 0 saturated carbocycles. The van der Waals surface area contributed by atoms with E-state index in [0.29, 0.717) is 29.2 Å². The molecule has 216 valence electrons. The molecule has 3 aromatic rings. The molecule has 1 fully saturated rings. The predicted molar refractivity (Wildman–Crippen MR) is 164 cm³/mol.